The summed E-state index contributed by atoms with van der Waals surface area (Å²) in [5, 5.41) is 5.81. The van der Waals surface area contributed by atoms with Crippen LogP contribution in [0.2, 0.25) is 0 Å². The highest BCUT2D eigenvalue weighted by Gasteiger charge is 2.15. The molecule has 0 spiro atoms. The van der Waals surface area contributed by atoms with Crippen LogP contribution in [0.5, 0.6) is 5.75 Å². The second kappa shape index (κ2) is 9.27. The van der Waals surface area contributed by atoms with Gasteiger partial charge in [0.2, 0.25) is 5.91 Å². The highest BCUT2D eigenvalue weighted by Crippen LogP contribution is 2.18. The molecule has 0 radical (unpaired) electrons. The van der Waals surface area contributed by atoms with Crippen LogP contribution in [0.4, 0.5) is 5.69 Å². The number of carbonyl (C=O) groups is 1. The molecule has 0 aromatic heterocycles. The fourth-order valence-electron chi connectivity index (χ4n) is 2.17. The molecule has 0 saturated carbocycles. The number of carbonyl (C=O) groups excluding carboxylic acids is 1. The van der Waals surface area contributed by atoms with Gasteiger partial charge in [0.05, 0.1) is 19.3 Å². The van der Waals surface area contributed by atoms with Crippen LogP contribution in [0, 0.1) is 0 Å². The lowest BCUT2D eigenvalue weighted by Crippen LogP contribution is -2.32. The molecule has 1 unspecified atom stereocenters. The van der Waals surface area contributed by atoms with Gasteiger partial charge in [0.1, 0.15) is 12.4 Å². The Balaban J connectivity index is 1.66. The second-order valence-electron chi connectivity index (χ2n) is 5.17. The molecule has 1 aliphatic heterocycles. The molecule has 2 N–H and O–H groups in total. The van der Waals surface area contributed by atoms with Crippen LogP contribution in [-0.4, -0.2) is 52.0 Å². The van der Waals surface area contributed by atoms with Crippen molar-refractivity contribution < 1.29 is 19.0 Å². The SMILES string of the molecule is COCCNC(=O)CNc1ccc(OCC2CCCO2)cc1. The van der Waals surface area contributed by atoms with Crippen molar-refractivity contribution in [3.05, 3.63) is 24.3 Å². The zero-order chi connectivity index (χ0) is 15.6. The van der Waals surface area contributed by atoms with Crippen molar-refractivity contribution in [1.29, 1.82) is 0 Å². The van der Waals surface area contributed by atoms with Gasteiger partial charge in [-0.2, -0.15) is 0 Å². The molecule has 0 aliphatic carbocycles. The zero-order valence-corrected chi connectivity index (χ0v) is 13.0. The van der Waals surface area contributed by atoms with Gasteiger partial charge in [-0.1, -0.05) is 0 Å². The molecule has 6 heteroatoms. The van der Waals surface area contributed by atoms with E-state index in [1.165, 1.54) is 0 Å². The van der Waals surface area contributed by atoms with Crippen molar-refractivity contribution in [1.82, 2.24) is 5.32 Å². The molecule has 22 heavy (non-hydrogen) atoms. The first-order valence-corrected chi connectivity index (χ1v) is 7.62. The highest BCUT2D eigenvalue weighted by molar-refractivity contribution is 5.80. The Hall–Kier alpha value is -1.79. The Labute approximate surface area is 131 Å². The van der Waals surface area contributed by atoms with E-state index in [1.807, 2.05) is 24.3 Å². The maximum Gasteiger partial charge on any atom is 0.239 e. The van der Waals surface area contributed by atoms with E-state index in [0.717, 1.165) is 30.9 Å². The summed E-state index contributed by atoms with van der Waals surface area (Å²) in [5.41, 5.74) is 0.881. The molecule has 6 nitrogen and oxygen atoms in total. The van der Waals surface area contributed by atoms with Crippen molar-refractivity contribution in [2.75, 3.05) is 45.3 Å². The quantitative estimate of drug-likeness (QED) is 0.675. The van der Waals surface area contributed by atoms with Crippen molar-refractivity contribution in [2.45, 2.75) is 18.9 Å². The van der Waals surface area contributed by atoms with Crippen molar-refractivity contribution in [2.24, 2.45) is 0 Å². The molecular formula is C16H24N2O4. The van der Waals surface area contributed by atoms with E-state index in [1.54, 1.807) is 7.11 Å². The number of anilines is 1. The lowest BCUT2D eigenvalue weighted by molar-refractivity contribution is -0.119. The maximum atomic E-state index is 11.5. The van der Waals surface area contributed by atoms with Crippen LogP contribution in [0.1, 0.15) is 12.8 Å². The maximum absolute atomic E-state index is 11.5. The van der Waals surface area contributed by atoms with Crippen LogP contribution in [-0.2, 0) is 14.3 Å². The molecule has 0 bridgehead atoms. The third-order valence-corrected chi connectivity index (χ3v) is 3.40. The number of ether oxygens (including phenoxy) is 3. The number of hydrogen-bond acceptors (Lipinski definition) is 5. The molecule has 1 saturated heterocycles. The van der Waals surface area contributed by atoms with E-state index < -0.39 is 0 Å². The normalized spacial score (nSPS) is 17.2. The molecule has 1 aromatic rings. The smallest absolute Gasteiger partial charge is 0.239 e. The van der Waals surface area contributed by atoms with E-state index in [-0.39, 0.29) is 18.6 Å². The largest absolute Gasteiger partial charge is 0.491 e. The zero-order valence-electron chi connectivity index (χ0n) is 13.0. The minimum absolute atomic E-state index is 0.0595. The Kier molecular flexibility index (Phi) is 6.99. The predicted molar refractivity (Wildman–Crippen MR) is 84.3 cm³/mol. The molecule has 1 amide bonds. The average Bonchev–Trinajstić information content (AvgIpc) is 3.06. The third kappa shape index (κ3) is 5.91. The van der Waals surface area contributed by atoms with Gasteiger partial charge in [0.25, 0.3) is 0 Å². The number of nitrogens with one attached hydrogen (secondary N) is 2. The van der Waals surface area contributed by atoms with Crippen LogP contribution in [0.3, 0.4) is 0 Å². The van der Waals surface area contributed by atoms with Gasteiger partial charge in [-0.25, -0.2) is 0 Å². The summed E-state index contributed by atoms with van der Waals surface area (Å²) in [6, 6.07) is 7.57. The number of hydrogen-bond donors (Lipinski definition) is 2. The predicted octanol–water partition coefficient (Wildman–Crippen LogP) is 1.42. The van der Waals surface area contributed by atoms with Crippen molar-refractivity contribution >= 4 is 11.6 Å². The first-order chi connectivity index (χ1) is 10.8. The van der Waals surface area contributed by atoms with Crippen LogP contribution in [0.25, 0.3) is 0 Å². The van der Waals surface area contributed by atoms with Gasteiger partial charge in [-0.15, -0.1) is 0 Å². The summed E-state index contributed by atoms with van der Waals surface area (Å²) in [4.78, 5) is 11.5. The fourth-order valence-corrected chi connectivity index (χ4v) is 2.17. The lowest BCUT2D eigenvalue weighted by Gasteiger charge is -2.12. The molecule has 1 heterocycles. The second-order valence-corrected chi connectivity index (χ2v) is 5.17. The number of benzene rings is 1. The number of rotatable bonds is 9. The van der Waals surface area contributed by atoms with E-state index >= 15 is 0 Å². The van der Waals surface area contributed by atoms with Gasteiger partial charge in [-0.05, 0) is 37.1 Å². The Morgan fingerprint density at radius 3 is 2.86 bits per heavy atom. The summed E-state index contributed by atoms with van der Waals surface area (Å²) < 4.78 is 16.1. The third-order valence-electron chi connectivity index (χ3n) is 3.40. The minimum Gasteiger partial charge on any atom is -0.491 e. The number of amides is 1. The summed E-state index contributed by atoms with van der Waals surface area (Å²) in [6.45, 7) is 2.70. The molecule has 122 valence electrons. The molecule has 1 aliphatic rings. The van der Waals surface area contributed by atoms with E-state index in [0.29, 0.717) is 19.8 Å². The standard InChI is InChI=1S/C16H24N2O4/c1-20-10-8-17-16(19)11-18-13-4-6-14(7-5-13)22-12-15-3-2-9-21-15/h4-7,15,18H,2-3,8-12H2,1H3,(H,17,19). The van der Waals surface area contributed by atoms with Crippen molar-refractivity contribution in [3.63, 3.8) is 0 Å². The minimum atomic E-state index is -0.0595. The van der Waals surface area contributed by atoms with Gasteiger partial charge in [-0.3, -0.25) is 4.79 Å². The number of methoxy groups -OCH3 is 1. The highest BCUT2D eigenvalue weighted by atomic mass is 16.5. The van der Waals surface area contributed by atoms with Gasteiger partial charge >= 0.3 is 0 Å². The fraction of sp³-hybridized carbons (Fsp3) is 0.562. The van der Waals surface area contributed by atoms with Crippen molar-refractivity contribution in [3.8, 4) is 5.75 Å². The van der Waals surface area contributed by atoms with E-state index in [2.05, 4.69) is 10.6 Å². The Morgan fingerprint density at radius 2 is 2.18 bits per heavy atom. The summed E-state index contributed by atoms with van der Waals surface area (Å²) >= 11 is 0. The summed E-state index contributed by atoms with van der Waals surface area (Å²) in [6.07, 6.45) is 2.40. The van der Waals surface area contributed by atoms with Crippen LogP contribution in [0.15, 0.2) is 24.3 Å². The van der Waals surface area contributed by atoms with Gasteiger partial charge < -0.3 is 24.8 Å². The molecule has 1 fully saturated rings. The first kappa shape index (κ1) is 16.6. The van der Waals surface area contributed by atoms with Gasteiger partial charge in [0.15, 0.2) is 0 Å². The Bertz CT molecular complexity index is 444. The van der Waals surface area contributed by atoms with Crippen LogP contribution >= 0.6 is 0 Å². The monoisotopic (exact) mass is 308 g/mol. The first-order valence-electron chi connectivity index (χ1n) is 7.62. The topological polar surface area (TPSA) is 68.8 Å². The molecule has 1 aromatic carbocycles. The van der Waals surface area contributed by atoms with Gasteiger partial charge in [0, 0.05) is 25.9 Å². The molecular weight excluding hydrogens is 284 g/mol. The average molecular weight is 308 g/mol. The van der Waals surface area contributed by atoms with Crippen LogP contribution < -0.4 is 15.4 Å². The molecule has 1 atom stereocenters. The summed E-state index contributed by atoms with van der Waals surface area (Å²) in [7, 11) is 1.60. The van der Waals surface area contributed by atoms with E-state index in [9.17, 15) is 4.79 Å². The van der Waals surface area contributed by atoms with E-state index in [4.69, 9.17) is 14.2 Å². The summed E-state index contributed by atoms with van der Waals surface area (Å²) in [5.74, 6) is 0.751. The lowest BCUT2D eigenvalue weighted by atomic mass is 10.2. The molecule has 2 rings (SSSR count). The Morgan fingerprint density at radius 1 is 1.36 bits per heavy atom.